The van der Waals surface area contributed by atoms with Crippen LogP contribution in [0.2, 0.25) is 10.0 Å². The van der Waals surface area contributed by atoms with Crippen LogP contribution >= 0.6 is 23.2 Å². The molecule has 6 heteroatoms. The quantitative estimate of drug-likeness (QED) is 0.875. The Morgan fingerprint density at radius 3 is 2.52 bits per heavy atom. The number of carbonyl (C=O) groups is 1. The van der Waals surface area contributed by atoms with Gasteiger partial charge in [0.25, 0.3) is 0 Å². The minimum Gasteiger partial charge on any atom is -0.375 e. The molecule has 1 amide bonds. The molecule has 2 aromatic carbocycles. The van der Waals surface area contributed by atoms with Crippen molar-refractivity contribution in [3.8, 4) is 0 Å². The summed E-state index contributed by atoms with van der Waals surface area (Å²) in [6, 6.07) is 11.1. The Balaban J connectivity index is 1.82. The lowest BCUT2D eigenvalue weighted by Gasteiger charge is -2.10. The Morgan fingerprint density at radius 2 is 1.81 bits per heavy atom. The number of nitrogens with one attached hydrogen (secondary N) is 2. The van der Waals surface area contributed by atoms with Gasteiger partial charge in [-0.3, -0.25) is 4.79 Å². The number of rotatable bonds is 5. The van der Waals surface area contributed by atoms with Gasteiger partial charge < -0.3 is 10.6 Å². The first-order valence-corrected chi connectivity index (χ1v) is 7.01. The molecule has 0 aliphatic rings. The zero-order chi connectivity index (χ0) is 15.2. The highest BCUT2D eigenvalue weighted by Crippen LogP contribution is 2.29. The van der Waals surface area contributed by atoms with E-state index in [4.69, 9.17) is 23.2 Å². The summed E-state index contributed by atoms with van der Waals surface area (Å²) in [5, 5.41) is 6.44. The molecule has 3 nitrogen and oxygen atoms in total. The second-order valence-corrected chi connectivity index (χ2v) is 5.14. The fourth-order valence-electron chi connectivity index (χ4n) is 1.68. The lowest BCUT2D eigenvalue weighted by Crippen LogP contribution is -2.29. The Hall–Kier alpha value is -1.78. The highest BCUT2D eigenvalue weighted by molar-refractivity contribution is 6.43. The molecule has 0 bridgehead atoms. The van der Waals surface area contributed by atoms with Crippen LogP contribution in [-0.2, 0) is 11.3 Å². The number of hydrogen-bond acceptors (Lipinski definition) is 2. The molecule has 21 heavy (non-hydrogen) atoms. The first kappa shape index (κ1) is 15.6. The van der Waals surface area contributed by atoms with Crippen LogP contribution in [0.5, 0.6) is 0 Å². The van der Waals surface area contributed by atoms with E-state index in [9.17, 15) is 9.18 Å². The van der Waals surface area contributed by atoms with Gasteiger partial charge in [-0.05, 0) is 29.8 Å². The van der Waals surface area contributed by atoms with E-state index >= 15 is 0 Å². The van der Waals surface area contributed by atoms with Gasteiger partial charge in [-0.15, -0.1) is 0 Å². The summed E-state index contributed by atoms with van der Waals surface area (Å²) in [5.41, 5.74) is 1.42. The maximum Gasteiger partial charge on any atom is 0.239 e. The molecule has 0 spiro atoms. The Bertz CT molecular complexity index is 632. The van der Waals surface area contributed by atoms with E-state index in [1.807, 2.05) is 0 Å². The lowest BCUT2D eigenvalue weighted by atomic mass is 10.2. The lowest BCUT2D eigenvalue weighted by molar-refractivity contribution is -0.119. The Morgan fingerprint density at radius 1 is 1.10 bits per heavy atom. The van der Waals surface area contributed by atoms with Crippen LogP contribution < -0.4 is 10.6 Å². The first-order chi connectivity index (χ1) is 10.1. The molecule has 0 aliphatic carbocycles. The van der Waals surface area contributed by atoms with E-state index in [0.29, 0.717) is 22.3 Å². The van der Waals surface area contributed by atoms with Crippen molar-refractivity contribution < 1.29 is 9.18 Å². The number of hydrogen-bond donors (Lipinski definition) is 2. The number of halogens is 3. The Labute approximate surface area is 132 Å². The summed E-state index contributed by atoms with van der Waals surface area (Å²) in [6.45, 7) is 0.408. The third kappa shape index (κ3) is 4.62. The predicted molar refractivity (Wildman–Crippen MR) is 83.2 cm³/mol. The third-order valence-electron chi connectivity index (χ3n) is 2.79. The van der Waals surface area contributed by atoms with Crippen molar-refractivity contribution in [2.75, 3.05) is 11.9 Å². The van der Waals surface area contributed by atoms with Gasteiger partial charge in [0.05, 0.1) is 22.3 Å². The van der Waals surface area contributed by atoms with Crippen molar-refractivity contribution in [1.29, 1.82) is 0 Å². The molecule has 0 atom stereocenters. The summed E-state index contributed by atoms with van der Waals surface area (Å²) in [4.78, 5) is 11.7. The van der Waals surface area contributed by atoms with Gasteiger partial charge in [0.15, 0.2) is 0 Å². The second kappa shape index (κ2) is 7.29. The van der Waals surface area contributed by atoms with Gasteiger partial charge in [0.1, 0.15) is 5.82 Å². The van der Waals surface area contributed by atoms with Crippen molar-refractivity contribution in [1.82, 2.24) is 5.32 Å². The van der Waals surface area contributed by atoms with Crippen LogP contribution in [0.1, 0.15) is 5.56 Å². The Kier molecular flexibility index (Phi) is 5.42. The van der Waals surface area contributed by atoms with E-state index in [0.717, 1.165) is 5.56 Å². The largest absolute Gasteiger partial charge is 0.375 e. The van der Waals surface area contributed by atoms with Gasteiger partial charge in [-0.2, -0.15) is 0 Å². The van der Waals surface area contributed by atoms with Crippen LogP contribution in [-0.4, -0.2) is 12.5 Å². The van der Waals surface area contributed by atoms with E-state index in [1.165, 1.54) is 12.1 Å². The average molecular weight is 327 g/mol. The zero-order valence-corrected chi connectivity index (χ0v) is 12.5. The van der Waals surface area contributed by atoms with Crippen molar-refractivity contribution in [2.45, 2.75) is 6.54 Å². The SMILES string of the molecule is O=C(CNc1cccc(Cl)c1Cl)NCc1ccc(F)cc1. The topological polar surface area (TPSA) is 41.1 Å². The predicted octanol–water partition coefficient (Wildman–Crippen LogP) is 3.86. The van der Waals surface area contributed by atoms with Crippen LogP contribution in [0.25, 0.3) is 0 Å². The number of anilines is 1. The maximum absolute atomic E-state index is 12.7. The molecule has 0 saturated heterocycles. The number of carbonyl (C=O) groups excluding carboxylic acids is 1. The standard InChI is InChI=1S/C15H13Cl2FN2O/c16-12-2-1-3-13(15(12)17)19-9-14(21)20-8-10-4-6-11(18)7-5-10/h1-7,19H,8-9H2,(H,20,21). The van der Waals surface area contributed by atoms with Crippen LogP contribution in [0.4, 0.5) is 10.1 Å². The molecular weight excluding hydrogens is 314 g/mol. The molecule has 0 aromatic heterocycles. The van der Waals surface area contributed by atoms with Crippen molar-refractivity contribution in [2.24, 2.45) is 0 Å². The molecule has 2 rings (SSSR count). The first-order valence-electron chi connectivity index (χ1n) is 6.25. The van der Waals surface area contributed by atoms with E-state index in [-0.39, 0.29) is 18.3 Å². The number of amides is 1. The van der Waals surface area contributed by atoms with E-state index < -0.39 is 0 Å². The summed E-state index contributed by atoms with van der Waals surface area (Å²) in [7, 11) is 0. The highest BCUT2D eigenvalue weighted by atomic mass is 35.5. The second-order valence-electron chi connectivity index (χ2n) is 4.36. The monoisotopic (exact) mass is 326 g/mol. The van der Waals surface area contributed by atoms with Crippen molar-refractivity contribution in [3.63, 3.8) is 0 Å². The summed E-state index contributed by atoms with van der Waals surface area (Å²) < 4.78 is 12.7. The van der Waals surface area contributed by atoms with Gasteiger partial charge in [-0.25, -0.2) is 4.39 Å². The molecule has 0 radical (unpaired) electrons. The molecule has 110 valence electrons. The van der Waals surface area contributed by atoms with Gasteiger partial charge >= 0.3 is 0 Å². The maximum atomic E-state index is 12.7. The summed E-state index contributed by atoms with van der Waals surface area (Å²) >= 11 is 11.9. The highest BCUT2D eigenvalue weighted by Gasteiger charge is 2.06. The molecule has 2 aromatic rings. The smallest absolute Gasteiger partial charge is 0.239 e. The minimum atomic E-state index is -0.303. The summed E-state index contributed by atoms with van der Waals surface area (Å²) in [6.07, 6.45) is 0. The summed E-state index contributed by atoms with van der Waals surface area (Å²) in [5.74, 6) is -0.502. The normalized spacial score (nSPS) is 10.2. The van der Waals surface area contributed by atoms with Crippen molar-refractivity contribution >= 4 is 34.8 Å². The molecule has 0 unspecified atom stereocenters. The average Bonchev–Trinajstić information content (AvgIpc) is 2.48. The molecule has 0 heterocycles. The fourth-order valence-corrected chi connectivity index (χ4v) is 2.05. The molecule has 0 fully saturated rings. The van der Waals surface area contributed by atoms with E-state index in [2.05, 4.69) is 10.6 Å². The van der Waals surface area contributed by atoms with Gasteiger partial charge in [0, 0.05) is 6.54 Å². The molecular formula is C15H13Cl2FN2O. The molecule has 0 saturated carbocycles. The molecule has 0 aliphatic heterocycles. The molecule has 2 N–H and O–H groups in total. The van der Waals surface area contributed by atoms with Crippen LogP contribution in [0.3, 0.4) is 0 Å². The van der Waals surface area contributed by atoms with Crippen LogP contribution in [0.15, 0.2) is 42.5 Å². The zero-order valence-electron chi connectivity index (χ0n) is 11.0. The number of benzene rings is 2. The van der Waals surface area contributed by atoms with Gasteiger partial charge in [-0.1, -0.05) is 41.4 Å². The van der Waals surface area contributed by atoms with Crippen LogP contribution in [0, 0.1) is 5.82 Å². The van der Waals surface area contributed by atoms with E-state index in [1.54, 1.807) is 30.3 Å². The van der Waals surface area contributed by atoms with Crippen molar-refractivity contribution in [3.05, 3.63) is 63.9 Å². The minimum absolute atomic E-state index is 0.0707. The van der Waals surface area contributed by atoms with Gasteiger partial charge in [0.2, 0.25) is 5.91 Å². The fraction of sp³-hybridized carbons (Fsp3) is 0.133. The third-order valence-corrected chi connectivity index (χ3v) is 3.61.